The van der Waals surface area contributed by atoms with Gasteiger partial charge >= 0.3 is 0 Å². The summed E-state index contributed by atoms with van der Waals surface area (Å²) in [6.45, 7) is 7.69. The molecule has 0 aliphatic heterocycles. The first-order valence-corrected chi connectivity index (χ1v) is 5.99. The molecule has 0 amide bonds. The molecule has 1 heterocycles. The summed E-state index contributed by atoms with van der Waals surface area (Å²) < 4.78 is 0. The van der Waals surface area contributed by atoms with Crippen molar-refractivity contribution in [1.82, 2.24) is 14.9 Å². The van der Waals surface area contributed by atoms with Gasteiger partial charge in [-0.2, -0.15) is 0 Å². The maximum atomic E-state index is 4.57. The average molecular weight is 217 g/mol. The molecule has 0 spiro atoms. The van der Waals surface area contributed by atoms with Crippen molar-refractivity contribution in [3.8, 4) is 0 Å². The van der Waals surface area contributed by atoms with Crippen molar-refractivity contribution in [2.24, 2.45) is 0 Å². The molecule has 2 aromatic rings. The van der Waals surface area contributed by atoms with Gasteiger partial charge in [0.1, 0.15) is 5.82 Å². The van der Waals surface area contributed by atoms with Gasteiger partial charge < -0.3 is 9.88 Å². The number of para-hydroxylation sites is 2. The molecule has 0 aliphatic rings. The maximum Gasteiger partial charge on any atom is 0.108 e. The van der Waals surface area contributed by atoms with Crippen LogP contribution in [0.4, 0.5) is 0 Å². The summed E-state index contributed by atoms with van der Waals surface area (Å²) in [5, 5.41) is 0. The fourth-order valence-corrected chi connectivity index (χ4v) is 1.93. The largest absolute Gasteiger partial charge is 0.342 e. The number of hydrogen-bond acceptors (Lipinski definition) is 2. The van der Waals surface area contributed by atoms with E-state index in [0.29, 0.717) is 0 Å². The molecular weight excluding hydrogens is 198 g/mol. The Morgan fingerprint density at radius 1 is 1.19 bits per heavy atom. The molecule has 1 aromatic carbocycles. The fourth-order valence-electron chi connectivity index (χ4n) is 1.93. The van der Waals surface area contributed by atoms with Gasteiger partial charge in [-0.3, -0.25) is 0 Å². The summed E-state index contributed by atoms with van der Waals surface area (Å²) in [6.07, 6.45) is 0.996. The Morgan fingerprint density at radius 3 is 2.62 bits per heavy atom. The molecular formula is C13H19N3. The van der Waals surface area contributed by atoms with Crippen LogP contribution in [0, 0.1) is 0 Å². The molecule has 1 N–H and O–H groups in total. The SMILES string of the molecule is CCN(CC)CCc1nc2ccccc2[nH]1. The highest BCUT2D eigenvalue weighted by Crippen LogP contribution is 2.10. The summed E-state index contributed by atoms with van der Waals surface area (Å²) >= 11 is 0. The zero-order valence-corrected chi connectivity index (χ0v) is 10.0. The van der Waals surface area contributed by atoms with Crippen molar-refractivity contribution in [1.29, 1.82) is 0 Å². The topological polar surface area (TPSA) is 31.9 Å². The lowest BCUT2D eigenvalue weighted by atomic mass is 10.3. The number of benzene rings is 1. The highest BCUT2D eigenvalue weighted by molar-refractivity contribution is 5.74. The second-order valence-corrected chi connectivity index (χ2v) is 3.98. The number of H-pyrrole nitrogens is 1. The molecule has 3 nitrogen and oxygen atoms in total. The molecule has 1 aromatic heterocycles. The van der Waals surface area contributed by atoms with E-state index in [1.165, 1.54) is 0 Å². The van der Waals surface area contributed by atoms with E-state index in [0.717, 1.165) is 42.9 Å². The van der Waals surface area contributed by atoms with E-state index in [-0.39, 0.29) is 0 Å². The molecule has 0 bridgehead atoms. The van der Waals surface area contributed by atoms with Gasteiger partial charge in [0, 0.05) is 13.0 Å². The summed E-state index contributed by atoms with van der Waals surface area (Å²) in [7, 11) is 0. The molecule has 2 rings (SSSR count). The van der Waals surface area contributed by atoms with Crippen LogP contribution in [0.5, 0.6) is 0 Å². The number of imidazole rings is 1. The van der Waals surface area contributed by atoms with Gasteiger partial charge in [-0.15, -0.1) is 0 Å². The molecule has 0 saturated heterocycles. The van der Waals surface area contributed by atoms with Gasteiger partial charge in [-0.1, -0.05) is 26.0 Å². The summed E-state index contributed by atoms with van der Waals surface area (Å²) in [5.41, 5.74) is 2.20. The van der Waals surface area contributed by atoms with Crippen LogP contribution in [-0.2, 0) is 6.42 Å². The molecule has 0 radical (unpaired) electrons. The van der Waals surface area contributed by atoms with Crippen molar-refractivity contribution in [2.75, 3.05) is 19.6 Å². The van der Waals surface area contributed by atoms with Gasteiger partial charge in [0.15, 0.2) is 0 Å². The smallest absolute Gasteiger partial charge is 0.108 e. The van der Waals surface area contributed by atoms with Gasteiger partial charge in [0.05, 0.1) is 11.0 Å². The third kappa shape index (κ3) is 2.42. The first-order chi connectivity index (χ1) is 7.83. The van der Waals surface area contributed by atoms with E-state index >= 15 is 0 Å². The van der Waals surface area contributed by atoms with E-state index in [1.54, 1.807) is 0 Å². The number of rotatable bonds is 5. The highest BCUT2D eigenvalue weighted by Gasteiger charge is 2.04. The van der Waals surface area contributed by atoms with Crippen LogP contribution in [0.2, 0.25) is 0 Å². The first kappa shape index (κ1) is 11.1. The number of hydrogen-bond donors (Lipinski definition) is 1. The van der Waals surface area contributed by atoms with Crippen molar-refractivity contribution >= 4 is 11.0 Å². The van der Waals surface area contributed by atoms with E-state index in [1.807, 2.05) is 18.2 Å². The van der Waals surface area contributed by atoms with Crippen LogP contribution >= 0.6 is 0 Å². The molecule has 0 saturated carbocycles. The number of nitrogens with one attached hydrogen (secondary N) is 1. The highest BCUT2D eigenvalue weighted by atomic mass is 15.1. The Kier molecular flexibility index (Phi) is 3.57. The van der Waals surface area contributed by atoms with Crippen LogP contribution in [0.25, 0.3) is 11.0 Å². The van der Waals surface area contributed by atoms with Gasteiger partial charge in [0.25, 0.3) is 0 Å². The Balaban J connectivity index is 2.04. The first-order valence-electron chi connectivity index (χ1n) is 5.99. The number of nitrogens with zero attached hydrogens (tertiary/aromatic N) is 2. The number of aromatic amines is 1. The van der Waals surface area contributed by atoms with Crippen molar-refractivity contribution in [2.45, 2.75) is 20.3 Å². The molecule has 0 unspecified atom stereocenters. The summed E-state index contributed by atoms with van der Waals surface area (Å²) in [6, 6.07) is 8.18. The van der Waals surface area contributed by atoms with Crippen LogP contribution in [0.3, 0.4) is 0 Å². The quantitative estimate of drug-likeness (QED) is 0.834. The van der Waals surface area contributed by atoms with Gasteiger partial charge in [-0.25, -0.2) is 4.98 Å². The monoisotopic (exact) mass is 217 g/mol. The van der Waals surface area contributed by atoms with E-state index < -0.39 is 0 Å². The molecule has 0 fully saturated rings. The van der Waals surface area contributed by atoms with E-state index in [4.69, 9.17) is 0 Å². The molecule has 0 atom stereocenters. The third-order valence-corrected chi connectivity index (χ3v) is 3.00. The minimum Gasteiger partial charge on any atom is -0.342 e. The van der Waals surface area contributed by atoms with E-state index in [2.05, 4.69) is 34.8 Å². The van der Waals surface area contributed by atoms with E-state index in [9.17, 15) is 0 Å². The van der Waals surface area contributed by atoms with Crippen molar-refractivity contribution in [3.05, 3.63) is 30.1 Å². The Hall–Kier alpha value is -1.35. The lowest BCUT2D eigenvalue weighted by Gasteiger charge is -2.16. The van der Waals surface area contributed by atoms with Crippen LogP contribution in [-0.4, -0.2) is 34.5 Å². The predicted octanol–water partition coefficient (Wildman–Crippen LogP) is 2.45. The lowest BCUT2D eigenvalue weighted by Crippen LogP contribution is -2.25. The van der Waals surface area contributed by atoms with Crippen molar-refractivity contribution in [3.63, 3.8) is 0 Å². The Labute approximate surface area is 96.5 Å². The number of likely N-dealkylation sites (N-methyl/N-ethyl adjacent to an activating group) is 1. The minimum absolute atomic E-state index is 0.996. The lowest BCUT2D eigenvalue weighted by molar-refractivity contribution is 0.306. The Morgan fingerprint density at radius 2 is 1.94 bits per heavy atom. The normalized spacial score (nSPS) is 11.4. The third-order valence-electron chi connectivity index (χ3n) is 3.00. The molecule has 86 valence electrons. The maximum absolute atomic E-state index is 4.57. The van der Waals surface area contributed by atoms with Crippen LogP contribution in [0.15, 0.2) is 24.3 Å². The van der Waals surface area contributed by atoms with Crippen LogP contribution < -0.4 is 0 Å². The molecule has 3 heteroatoms. The summed E-state index contributed by atoms with van der Waals surface area (Å²) in [5.74, 6) is 1.09. The van der Waals surface area contributed by atoms with Crippen LogP contribution in [0.1, 0.15) is 19.7 Å². The second-order valence-electron chi connectivity index (χ2n) is 3.98. The van der Waals surface area contributed by atoms with Gasteiger partial charge in [-0.05, 0) is 25.2 Å². The number of aromatic nitrogens is 2. The van der Waals surface area contributed by atoms with Crippen molar-refractivity contribution < 1.29 is 0 Å². The fraction of sp³-hybridized carbons (Fsp3) is 0.462. The zero-order valence-electron chi connectivity index (χ0n) is 10.0. The second kappa shape index (κ2) is 5.12. The minimum atomic E-state index is 0.996. The molecule has 0 aliphatic carbocycles. The predicted molar refractivity (Wildman–Crippen MR) is 67.6 cm³/mol. The zero-order chi connectivity index (χ0) is 11.4. The van der Waals surface area contributed by atoms with Gasteiger partial charge in [0.2, 0.25) is 0 Å². The number of fused-ring (bicyclic) bond motifs is 1. The standard InChI is InChI=1S/C13H19N3/c1-3-16(4-2)10-9-13-14-11-7-5-6-8-12(11)15-13/h5-8H,3-4,9-10H2,1-2H3,(H,14,15). The average Bonchev–Trinajstić information content (AvgIpc) is 2.73. The molecule has 16 heavy (non-hydrogen) atoms. The summed E-state index contributed by atoms with van der Waals surface area (Å²) in [4.78, 5) is 10.3. The Bertz CT molecular complexity index is 410.